The zero-order valence-corrected chi connectivity index (χ0v) is 8.23. The second-order valence-electron chi connectivity index (χ2n) is 3.73. The zero-order chi connectivity index (χ0) is 11.1. The first-order valence-corrected chi connectivity index (χ1v) is 4.71. The number of hydrogen-bond acceptors (Lipinski definition) is 2. The quantitative estimate of drug-likeness (QED) is 0.820. The van der Waals surface area contributed by atoms with E-state index in [1.54, 1.807) is 13.1 Å². The summed E-state index contributed by atoms with van der Waals surface area (Å²) in [7, 11) is 1.68. The van der Waals surface area contributed by atoms with E-state index in [1.807, 2.05) is 0 Å². The number of pyridine rings is 1. The Morgan fingerprint density at radius 2 is 2.07 bits per heavy atom. The van der Waals surface area contributed by atoms with Gasteiger partial charge in [0, 0.05) is 17.3 Å². The lowest BCUT2D eigenvalue weighted by molar-refractivity contribution is -0.142. The van der Waals surface area contributed by atoms with Crippen molar-refractivity contribution in [2.45, 2.75) is 24.6 Å². The first-order chi connectivity index (χ1) is 6.99. The van der Waals surface area contributed by atoms with Gasteiger partial charge in [0.25, 0.3) is 0 Å². The van der Waals surface area contributed by atoms with Crippen LogP contribution in [0.5, 0.6) is 0 Å². The van der Waals surface area contributed by atoms with Crippen molar-refractivity contribution in [3.63, 3.8) is 0 Å². The van der Waals surface area contributed by atoms with E-state index in [4.69, 9.17) is 0 Å². The van der Waals surface area contributed by atoms with E-state index in [1.165, 1.54) is 12.3 Å². The predicted octanol–water partition coefficient (Wildman–Crippen LogP) is 2.31. The Morgan fingerprint density at radius 1 is 1.40 bits per heavy atom. The summed E-state index contributed by atoms with van der Waals surface area (Å²) >= 11 is 0. The topological polar surface area (TPSA) is 24.9 Å². The summed E-state index contributed by atoms with van der Waals surface area (Å²) in [4.78, 5) is 3.44. The number of halogens is 3. The number of alkyl halides is 3. The summed E-state index contributed by atoms with van der Waals surface area (Å²) in [6, 6.07) is 3.04. The van der Waals surface area contributed by atoms with Crippen molar-refractivity contribution in [1.82, 2.24) is 10.3 Å². The standard InChI is InChI=1S/C10H11F3N2/c1-14-9(4-5-9)7-3-2-6-15-8(7)10(11,12)13/h2-3,6,14H,4-5H2,1H3. The maximum atomic E-state index is 12.7. The third kappa shape index (κ3) is 1.71. The Morgan fingerprint density at radius 3 is 2.53 bits per heavy atom. The molecule has 0 atom stereocenters. The van der Waals surface area contributed by atoms with Crippen LogP contribution >= 0.6 is 0 Å². The SMILES string of the molecule is CNC1(c2cccnc2C(F)(F)F)CC1. The van der Waals surface area contributed by atoms with Gasteiger partial charge in [-0.1, -0.05) is 6.07 Å². The van der Waals surface area contributed by atoms with Gasteiger partial charge < -0.3 is 5.32 Å². The predicted molar refractivity (Wildman–Crippen MR) is 49.2 cm³/mol. The zero-order valence-electron chi connectivity index (χ0n) is 8.23. The van der Waals surface area contributed by atoms with Crippen LogP contribution in [-0.4, -0.2) is 12.0 Å². The molecule has 0 aromatic carbocycles. The Bertz CT molecular complexity index is 369. The fourth-order valence-electron chi connectivity index (χ4n) is 1.80. The molecule has 2 nitrogen and oxygen atoms in total. The Kier molecular flexibility index (Phi) is 2.22. The molecular formula is C10H11F3N2. The van der Waals surface area contributed by atoms with E-state index in [9.17, 15) is 13.2 Å². The highest BCUT2D eigenvalue weighted by Gasteiger charge is 2.49. The number of rotatable bonds is 2. The van der Waals surface area contributed by atoms with Gasteiger partial charge in [-0.15, -0.1) is 0 Å². The average Bonchev–Trinajstić information content (AvgIpc) is 2.97. The minimum absolute atomic E-state index is 0.264. The van der Waals surface area contributed by atoms with Gasteiger partial charge >= 0.3 is 6.18 Å². The van der Waals surface area contributed by atoms with Crippen molar-refractivity contribution in [2.75, 3.05) is 7.05 Å². The molecule has 2 rings (SSSR count). The monoisotopic (exact) mass is 216 g/mol. The fraction of sp³-hybridized carbons (Fsp3) is 0.500. The molecule has 0 unspecified atom stereocenters. The van der Waals surface area contributed by atoms with Gasteiger partial charge in [0.2, 0.25) is 0 Å². The van der Waals surface area contributed by atoms with Crippen LogP contribution in [0.2, 0.25) is 0 Å². The third-order valence-electron chi connectivity index (χ3n) is 2.82. The van der Waals surface area contributed by atoms with Crippen LogP contribution in [0.3, 0.4) is 0 Å². The summed E-state index contributed by atoms with van der Waals surface area (Å²) < 4.78 is 38.0. The molecule has 0 radical (unpaired) electrons. The maximum absolute atomic E-state index is 12.7. The van der Waals surface area contributed by atoms with E-state index >= 15 is 0 Å². The maximum Gasteiger partial charge on any atom is 0.433 e. The van der Waals surface area contributed by atoms with Crippen LogP contribution < -0.4 is 5.32 Å². The summed E-state index contributed by atoms with van der Waals surface area (Å²) in [6.07, 6.45) is -1.72. The Labute approximate surface area is 85.5 Å². The van der Waals surface area contributed by atoms with Gasteiger partial charge in [-0.2, -0.15) is 13.2 Å². The van der Waals surface area contributed by atoms with E-state index in [0.717, 1.165) is 12.8 Å². The summed E-state index contributed by atoms with van der Waals surface area (Å²) in [5.41, 5.74) is -1.00. The molecule has 82 valence electrons. The normalized spacial score (nSPS) is 18.9. The molecule has 1 aromatic rings. The number of hydrogen-bond donors (Lipinski definition) is 1. The molecule has 5 heteroatoms. The lowest BCUT2D eigenvalue weighted by Crippen LogP contribution is -2.28. The number of nitrogens with zero attached hydrogens (tertiary/aromatic N) is 1. The average molecular weight is 216 g/mol. The minimum atomic E-state index is -4.37. The summed E-state index contributed by atoms with van der Waals surface area (Å²) in [5.74, 6) is 0. The van der Waals surface area contributed by atoms with Crippen LogP contribution in [0, 0.1) is 0 Å². The van der Waals surface area contributed by atoms with Gasteiger partial charge in [0.05, 0.1) is 0 Å². The van der Waals surface area contributed by atoms with Crippen molar-refractivity contribution < 1.29 is 13.2 Å². The second-order valence-corrected chi connectivity index (χ2v) is 3.73. The number of aromatic nitrogens is 1. The van der Waals surface area contributed by atoms with E-state index in [2.05, 4.69) is 10.3 Å². The highest BCUT2D eigenvalue weighted by molar-refractivity contribution is 5.35. The summed E-state index contributed by atoms with van der Waals surface area (Å²) in [6.45, 7) is 0. The highest BCUT2D eigenvalue weighted by Crippen LogP contribution is 2.48. The first kappa shape index (κ1) is 10.4. The molecule has 1 fully saturated rings. The molecule has 0 spiro atoms. The lowest BCUT2D eigenvalue weighted by Gasteiger charge is -2.19. The number of nitrogens with one attached hydrogen (secondary N) is 1. The van der Waals surface area contributed by atoms with Gasteiger partial charge in [-0.25, -0.2) is 0 Å². The van der Waals surface area contributed by atoms with Crippen molar-refractivity contribution in [2.24, 2.45) is 0 Å². The van der Waals surface area contributed by atoms with Crippen molar-refractivity contribution >= 4 is 0 Å². The molecule has 0 amide bonds. The molecule has 0 aliphatic heterocycles. The Hall–Kier alpha value is -1.10. The largest absolute Gasteiger partial charge is 0.433 e. The molecule has 1 N–H and O–H groups in total. The highest BCUT2D eigenvalue weighted by atomic mass is 19.4. The van der Waals surface area contributed by atoms with E-state index in [-0.39, 0.29) is 5.56 Å². The van der Waals surface area contributed by atoms with Gasteiger partial charge in [-0.05, 0) is 26.0 Å². The van der Waals surface area contributed by atoms with Crippen molar-refractivity contribution in [3.05, 3.63) is 29.6 Å². The minimum Gasteiger partial charge on any atom is -0.310 e. The molecular weight excluding hydrogens is 205 g/mol. The van der Waals surface area contributed by atoms with Crippen molar-refractivity contribution in [3.8, 4) is 0 Å². The van der Waals surface area contributed by atoms with Crippen LogP contribution in [0.4, 0.5) is 13.2 Å². The van der Waals surface area contributed by atoms with Crippen LogP contribution in [0.1, 0.15) is 24.1 Å². The van der Waals surface area contributed by atoms with Crippen LogP contribution in [-0.2, 0) is 11.7 Å². The Balaban J connectivity index is 2.48. The first-order valence-electron chi connectivity index (χ1n) is 4.71. The molecule has 1 aliphatic carbocycles. The molecule has 0 saturated heterocycles. The molecule has 0 bridgehead atoms. The molecule has 1 heterocycles. The van der Waals surface area contributed by atoms with Gasteiger partial charge in [-0.3, -0.25) is 4.98 Å². The van der Waals surface area contributed by atoms with E-state index in [0.29, 0.717) is 0 Å². The molecule has 1 aromatic heterocycles. The van der Waals surface area contributed by atoms with Crippen LogP contribution in [0.25, 0.3) is 0 Å². The second kappa shape index (κ2) is 3.20. The molecule has 1 aliphatic rings. The van der Waals surface area contributed by atoms with Crippen LogP contribution in [0.15, 0.2) is 18.3 Å². The van der Waals surface area contributed by atoms with E-state index < -0.39 is 17.4 Å². The summed E-state index contributed by atoms with van der Waals surface area (Å²) in [5, 5.41) is 2.94. The van der Waals surface area contributed by atoms with Gasteiger partial charge in [0.15, 0.2) is 0 Å². The fourth-order valence-corrected chi connectivity index (χ4v) is 1.80. The third-order valence-corrected chi connectivity index (χ3v) is 2.82. The van der Waals surface area contributed by atoms with Crippen molar-refractivity contribution in [1.29, 1.82) is 0 Å². The molecule has 15 heavy (non-hydrogen) atoms. The van der Waals surface area contributed by atoms with Gasteiger partial charge in [0.1, 0.15) is 5.69 Å². The lowest BCUT2D eigenvalue weighted by atomic mass is 10.0. The smallest absolute Gasteiger partial charge is 0.310 e. The molecule has 1 saturated carbocycles.